The molecule has 0 aliphatic carbocycles. The Morgan fingerprint density at radius 1 is 1.28 bits per heavy atom. The fourth-order valence-electron chi connectivity index (χ4n) is 1.33. The summed E-state index contributed by atoms with van der Waals surface area (Å²) in [6, 6.07) is 0. The van der Waals surface area contributed by atoms with Crippen LogP contribution in [-0.4, -0.2) is 23.4 Å². The average molecular weight is 270 g/mol. The number of aryl methyl sites for hydroxylation is 1. The van der Waals surface area contributed by atoms with Crippen LogP contribution in [0.1, 0.15) is 18.2 Å². The average Bonchev–Trinajstić information content (AvgIpc) is 2.24. The lowest BCUT2D eigenvalue weighted by Crippen LogP contribution is -2.42. The zero-order chi connectivity index (χ0) is 14.1. The molecule has 102 valence electrons. The van der Waals surface area contributed by atoms with E-state index in [1.165, 1.54) is 0 Å². The van der Waals surface area contributed by atoms with Crippen molar-refractivity contribution < 1.29 is 4.74 Å². The lowest BCUT2D eigenvalue weighted by atomic mass is 10.3. The van der Waals surface area contributed by atoms with Gasteiger partial charge in [0, 0.05) is 17.0 Å². The van der Waals surface area contributed by atoms with E-state index in [4.69, 9.17) is 4.74 Å². The van der Waals surface area contributed by atoms with Gasteiger partial charge in [-0.25, -0.2) is 9.36 Å². The summed E-state index contributed by atoms with van der Waals surface area (Å²) in [4.78, 5) is 26.3. The topological polar surface area (TPSA) is 64.1 Å². The number of H-pyrrole nitrogens is 1. The fourth-order valence-corrected chi connectivity index (χ4v) is 1.90. The van der Waals surface area contributed by atoms with E-state index in [-0.39, 0.29) is 18.0 Å². The number of hydrogen-bond donors (Lipinski definition) is 1. The quantitative estimate of drug-likeness (QED) is 0.841. The molecule has 0 spiro atoms. The summed E-state index contributed by atoms with van der Waals surface area (Å²) in [5.41, 5.74) is 0.564. The minimum Gasteiger partial charge on any atom is -0.361 e. The Bertz CT molecular complexity index is 540. The summed E-state index contributed by atoms with van der Waals surface area (Å²) in [6.45, 7) is 12.0. The van der Waals surface area contributed by atoms with E-state index in [1.54, 1.807) is 13.8 Å². The number of nitrogens with zero attached hydrogens (tertiary/aromatic N) is 1. The molecule has 1 aromatic rings. The number of rotatable bonds is 4. The van der Waals surface area contributed by atoms with Crippen LogP contribution in [0.5, 0.6) is 0 Å². The van der Waals surface area contributed by atoms with Gasteiger partial charge in [-0.15, -0.1) is 0 Å². The minimum absolute atomic E-state index is 0.0146. The molecule has 1 N–H and O–H groups in total. The van der Waals surface area contributed by atoms with Gasteiger partial charge in [-0.05, 0) is 20.8 Å². The van der Waals surface area contributed by atoms with Gasteiger partial charge in [-0.3, -0.25) is 4.79 Å². The Kier molecular flexibility index (Phi) is 4.34. The minimum atomic E-state index is -1.42. The first-order valence-electron chi connectivity index (χ1n) is 6.06. The lowest BCUT2D eigenvalue weighted by Gasteiger charge is -2.25. The van der Waals surface area contributed by atoms with Crippen molar-refractivity contribution in [2.45, 2.75) is 52.9 Å². The molecule has 0 aliphatic rings. The number of aromatic nitrogens is 2. The van der Waals surface area contributed by atoms with Crippen LogP contribution in [-0.2, 0) is 11.5 Å². The molecule has 0 aromatic carbocycles. The first-order valence-corrected chi connectivity index (χ1v) is 9.64. The Balaban J connectivity index is 2.97. The van der Waals surface area contributed by atoms with E-state index in [2.05, 4.69) is 24.6 Å². The van der Waals surface area contributed by atoms with Crippen molar-refractivity contribution in [2.75, 3.05) is 0 Å². The molecule has 0 saturated carbocycles. The Labute approximate surface area is 108 Å². The van der Waals surface area contributed by atoms with E-state index in [1.807, 2.05) is 6.92 Å². The molecule has 1 unspecified atom stereocenters. The summed E-state index contributed by atoms with van der Waals surface area (Å²) < 4.78 is 6.76. The first-order chi connectivity index (χ1) is 8.14. The van der Waals surface area contributed by atoms with Crippen molar-refractivity contribution >= 4 is 8.07 Å². The largest absolute Gasteiger partial charge is 0.361 e. The van der Waals surface area contributed by atoms with Crippen LogP contribution in [0.15, 0.2) is 9.59 Å². The van der Waals surface area contributed by atoms with Crippen molar-refractivity contribution in [3.63, 3.8) is 0 Å². The van der Waals surface area contributed by atoms with Gasteiger partial charge in [0.1, 0.15) is 6.73 Å². The van der Waals surface area contributed by atoms with E-state index in [0.717, 1.165) is 4.57 Å². The van der Waals surface area contributed by atoms with Gasteiger partial charge in [0.05, 0.1) is 8.07 Å². The highest BCUT2D eigenvalue weighted by atomic mass is 28.3. The number of aromatic amines is 1. The second-order valence-electron chi connectivity index (χ2n) is 5.72. The van der Waals surface area contributed by atoms with Gasteiger partial charge in [-0.1, -0.05) is 19.6 Å². The molecule has 6 heteroatoms. The number of hydrogen-bond acceptors (Lipinski definition) is 3. The van der Waals surface area contributed by atoms with Crippen LogP contribution < -0.4 is 11.2 Å². The monoisotopic (exact) mass is 270 g/mol. The third kappa shape index (κ3) is 3.20. The van der Waals surface area contributed by atoms with Crippen molar-refractivity contribution in [3.8, 4) is 0 Å². The lowest BCUT2D eigenvalue weighted by molar-refractivity contribution is 0.0515. The van der Waals surface area contributed by atoms with E-state index in [0.29, 0.717) is 11.3 Å². The van der Waals surface area contributed by atoms with Gasteiger partial charge in [0.2, 0.25) is 0 Å². The standard InChI is InChI=1S/C12H22N2O3Si/c1-8-9(2)13-12(16)14(11(8)15)7-17-10(3)18(4,5)6/h10H,7H2,1-6H3,(H,13,16). The molecule has 0 bridgehead atoms. The van der Waals surface area contributed by atoms with Gasteiger partial charge in [0.15, 0.2) is 0 Å². The van der Waals surface area contributed by atoms with E-state index < -0.39 is 13.8 Å². The van der Waals surface area contributed by atoms with Crippen LogP contribution in [0.2, 0.25) is 19.6 Å². The highest BCUT2D eigenvalue weighted by Gasteiger charge is 2.23. The zero-order valence-corrected chi connectivity index (χ0v) is 13.0. The van der Waals surface area contributed by atoms with E-state index in [9.17, 15) is 9.59 Å². The highest BCUT2D eigenvalue weighted by molar-refractivity contribution is 6.77. The molecule has 1 rings (SSSR count). The molecule has 0 amide bonds. The molecule has 0 saturated heterocycles. The van der Waals surface area contributed by atoms with Crippen molar-refractivity contribution in [1.29, 1.82) is 0 Å². The summed E-state index contributed by atoms with van der Waals surface area (Å²) in [6.07, 6.45) is 0. The Morgan fingerprint density at radius 3 is 2.33 bits per heavy atom. The molecule has 1 atom stereocenters. The second kappa shape index (κ2) is 5.24. The van der Waals surface area contributed by atoms with Crippen LogP contribution >= 0.6 is 0 Å². The van der Waals surface area contributed by atoms with Crippen molar-refractivity contribution in [2.24, 2.45) is 0 Å². The molecule has 1 aromatic heterocycles. The maximum atomic E-state index is 11.9. The van der Waals surface area contributed by atoms with Crippen molar-refractivity contribution in [1.82, 2.24) is 9.55 Å². The molecule has 5 nitrogen and oxygen atoms in total. The first kappa shape index (κ1) is 14.9. The van der Waals surface area contributed by atoms with Gasteiger partial charge < -0.3 is 9.72 Å². The zero-order valence-electron chi connectivity index (χ0n) is 12.0. The molecular weight excluding hydrogens is 248 g/mol. The molecule has 1 heterocycles. The summed E-state index contributed by atoms with van der Waals surface area (Å²) in [7, 11) is -1.42. The fraction of sp³-hybridized carbons (Fsp3) is 0.667. The smallest absolute Gasteiger partial charge is 0.330 e. The van der Waals surface area contributed by atoms with Crippen LogP contribution in [0.3, 0.4) is 0 Å². The van der Waals surface area contributed by atoms with Gasteiger partial charge >= 0.3 is 5.69 Å². The van der Waals surface area contributed by atoms with Crippen molar-refractivity contribution in [3.05, 3.63) is 32.1 Å². The summed E-state index contributed by atoms with van der Waals surface area (Å²) in [5, 5.41) is 0. The third-order valence-electron chi connectivity index (χ3n) is 3.34. The van der Waals surface area contributed by atoms with Crippen LogP contribution in [0, 0.1) is 13.8 Å². The maximum absolute atomic E-state index is 11.9. The Morgan fingerprint density at radius 2 is 1.83 bits per heavy atom. The van der Waals surface area contributed by atoms with Crippen LogP contribution in [0.4, 0.5) is 0 Å². The highest BCUT2D eigenvalue weighted by Crippen LogP contribution is 2.10. The summed E-state index contributed by atoms with van der Waals surface area (Å²) >= 11 is 0. The predicted octanol–water partition coefficient (Wildman–Crippen LogP) is 1.39. The van der Waals surface area contributed by atoms with Gasteiger partial charge in [0.25, 0.3) is 5.56 Å². The Hall–Kier alpha value is -1.14. The number of nitrogens with one attached hydrogen (secondary N) is 1. The molecule has 0 radical (unpaired) electrons. The molecule has 0 fully saturated rings. The normalized spacial score (nSPS) is 13.7. The molecule has 18 heavy (non-hydrogen) atoms. The second-order valence-corrected chi connectivity index (χ2v) is 11.3. The number of ether oxygens (including phenoxy) is 1. The SMILES string of the molecule is Cc1[nH]c(=O)n(COC(C)[Si](C)(C)C)c(=O)c1C. The predicted molar refractivity (Wildman–Crippen MR) is 74.7 cm³/mol. The maximum Gasteiger partial charge on any atom is 0.330 e. The van der Waals surface area contributed by atoms with E-state index >= 15 is 0 Å². The molecule has 0 aliphatic heterocycles. The van der Waals surface area contributed by atoms with Gasteiger partial charge in [-0.2, -0.15) is 0 Å². The third-order valence-corrected chi connectivity index (χ3v) is 5.95. The molecular formula is C12H22N2O3Si. The van der Waals surface area contributed by atoms with Crippen LogP contribution in [0.25, 0.3) is 0 Å². The summed E-state index contributed by atoms with van der Waals surface area (Å²) in [5.74, 6) is 0.